The van der Waals surface area contributed by atoms with Gasteiger partial charge in [0.05, 0.1) is 17.8 Å². The average Bonchev–Trinajstić information content (AvgIpc) is 3.12. The maximum atomic E-state index is 13.6. The molecule has 1 N–H and O–H groups in total. The Bertz CT molecular complexity index is 1020. The van der Waals surface area contributed by atoms with E-state index in [9.17, 15) is 14.0 Å². The number of nitrogens with one attached hydrogen (secondary N) is 1. The molecule has 0 atom stereocenters. The van der Waals surface area contributed by atoms with Gasteiger partial charge in [0, 0.05) is 13.1 Å². The van der Waals surface area contributed by atoms with E-state index in [4.69, 9.17) is 9.26 Å². The van der Waals surface area contributed by atoms with Crippen LogP contribution in [0, 0.1) is 12.7 Å². The molecule has 3 aromatic rings. The zero-order chi connectivity index (χ0) is 20.8. The summed E-state index contributed by atoms with van der Waals surface area (Å²) in [6.45, 7) is 1.66. The van der Waals surface area contributed by atoms with Crippen LogP contribution in [0.15, 0.2) is 59.1 Å². The molecule has 0 aliphatic rings. The molecule has 0 spiro atoms. The first-order chi connectivity index (χ1) is 13.9. The Kier molecular flexibility index (Phi) is 6.23. The van der Waals surface area contributed by atoms with E-state index in [0.717, 1.165) is 0 Å². The van der Waals surface area contributed by atoms with Crippen LogP contribution in [0.2, 0.25) is 0 Å². The van der Waals surface area contributed by atoms with E-state index >= 15 is 0 Å². The number of nitrogens with zero attached hydrogens (tertiary/aromatic N) is 2. The van der Waals surface area contributed by atoms with Gasteiger partial charge in [0.15, 0.2) is 6.61 Å². The molecular weight excluding hydrogens is 377 g/mol. The lowest BCUT2D eigenvalue weighted by Crippen LogP contribution is -2.27. The van der Waals surface area contributed by atoms with Crippen molar-refractivity contribution in [1.29, 1.82) is 0 Å². The summed E-state index contributed by atoms with van der Waals surface area (Å²) >= 11 is 0. The summed E-state index contributed by atoms with van der Waals surface area (Å²) in [4.78, 5) is 26.3. The van der Waals surface area contributed by atoms with E-state index in [0.29, 0.717) is 17.0 Å². The lowest BCUT2D eigenvalue weighted by molar-refractivity contribution is -0.118. The first-order valence-corrected chi connectivity index (χ1v) is 8.88. The summed E-state index contributed by atoms with van der Waals surface area (Å²) in [6.07, 6.45) is 0. The van der Waals surface area contributed by atoms with Crippen LogP contribution < -0.4 is 10.1 Å². The molecular formula is C21H20FN3O4. The van der Waals surface area contributed by atoms with Crippen molar-refractivity contribution >= 4 is 17.5 Å². The fourth-order valence-electron chi connectivity index (χ4n) is 2.67. The molecule has 29 heavy (non-hydrogen) atoms. The molecule has 3 rings (SSSR count). The van der Waals surface area contributed by atoms with Crippen LogP contribution in [0.3, 0.4) is 0 Å². The van der Waals surface area contributed by atoms with Gasteiger partial charge in [0.1, 0.15) is 23.0 Å². The number of halogens is 1. The van der Waals surface area contributed by atoms with E-state index in [1.54, 1.807) is 50.4 Å². The molecule has 0 bridgehead atoms. The minimum absolute atomic E-state index is 0.0631. The highest BCUT2D eigenvalue weighted by Crippen LogP contribution is 2.21. The summed E-state index contributed by atoms with van der Waals surface area (Å²) in [7, 11) is 1.63. The molecule has 1 heterocycles. The van der Waals surface area contributed by atoms with E-state index in [2.05, 4.69) is 10.5 Å². The number of aromatic nitrogens is 1. The highest BCUT2D eigenvalue weighted by atomic mass is 19.1. The SMILES string of the molecule is Cc1cc(CN(C)C(=O)c2ccccc2OCC(=O)Nc2ccccc2F)no1. The quantitative estimate of drug-likeness (QED) is 0.660. The molecule has 0 unspecified atom stereocenters. The zero-order valence-electron chi connectivity index (χ0n) is 16.0. The molecule has 0 saturated carbocycles. The fraction of sp³-hybridized carbons (Fsp3) is 0.190. The number of hydrogen-bond donors (Lipinski definition) is 1. The van der Waals surface area contributed by atoms with Crippen molar-refractivity contribution in [2.75, 3.05) is 19.0 Å². The number of carbonyl (C=O) groups is 2. The van der Waals surface area contributed by atoms with Crippen LogP contribution in [0.1, 0.15) is 21.8 Å². The highest BCUT2D eigenvalue weighted by molar-refractivity contribution is 5.97. The van der Waals surface area contributed by atoms with Gasteiger partial charge in [0.2, 0.25) is 0 Å². The molecule has 0 fully saturated rings. The normalized spacial score (nSPS) is 10.4. The first-order valence-electron chi connectivity index (χ1n) is 8.88. The van der Waals surface area contributed by atoms with Gasteiger partial charge in [-0.2, -0.15) is 0 Å². The molecule has 0 radical (unpaired) electrons. The first kappa shape index (κ1) is 20.1. The summed E-state index contributed by atoms with van der Waals surface area (Å²) < 4.78 is 24.2. The third kappa shape index (κ3) is 5.19. The van der Waals surface area contributed by atoms with Crippen LogP contribution in [-0.2, 0) is 11.3 Å². The molecule has 2 aromatic carbocycles. The number of hydrogen-bond acceptors (Lipinski definition) is 5. The minimum Gasteiger partial charge on any atom is -0.483 e. The number of rotatable bonds is 7. The van der Waals surface area contributed by atoms with Gasteiger partial charge in [-0.25, -0.2) is 4.39 Å². The van der Waals surface area contributed by atoms with E-state index in [1.807, 2.05) is 0 Å². The van der Waals surface area contributed by atoms with E-state index < -0.39 is 11.7 Å². The molecule has 0 saturated heterocycles. The summed E-state index contributed by atoms with van der Waals surface area (Å²) in [5.41, 5.74) is 0.989. The molecule has 0 aliphatic heterocycles. The van der Waals surface area contributed by atoms with Crippen LogP contribution >= 0.6 is 0 Å². The second-order valence-electron chi connectivity index (χ2n) is 6.40. The molecule has 0 aliphatic carbocycles. The van der Waals surface area contributed by atoms with Crippen LogP contribution in [0.25, 0.3) is 0 Å². The molecule has 150 valence electrons. The van der Waals surface area contributed by atoms with Gasteiger partial charge < -0.3 is 19.5 Å². The summed E-state index contributed by atoms with van der Waals surface area (Å²) in [5, 5.41) is 6.31. The van der Waals surface area contributed by atoms with Crippen LogP contribution in [0.4, 0.5) is 10.1 Å². The third-order valence-electron chi connectivity index (χ3n) is 4.05. The average molecular weight is 397 g/mol. The maximum absolute atomic E-state index is 13.6. The highest BCUT2D eigenvalue weighted by Gasteiger charge is 2.18. The predicted octanol–water partition coefficient (Wildman–Crippen LogP) is 3.41. The Balaban J connectivity index is 1.64. The molecule has 7 nitrogen and oxygen atoms in total. The molecule has 8 heteroatoms. The fourth-order valence-corrected chi connectivity index (χ4v) is 2.67. The summed E-state index contributed by atoms with van der Waals surface area (Å²) in [5.74, 6) is -0.462. The Labute approximate surface area is 167 Å². The smallest absolute Gasteiger partial charge is 0.262 e. The van der Waals surface area contributed by atoms with Crippen molar-refractivity contribution in [2.45, 2.75) is 13.5 Å². The lowest BCUT2D eigenvalue weighted by atomic mass is 10.1. The number of ether oxygens (including phenoxy) is 1. The largest absolute Gasteiger partial charge is 0.483 e. The molecule has 1 aromatic heterocycles. The van der Waals surface area contributed by atoms with E-state index in [1.165, 1.54) is 23.1 Å². The second-order valence-corrected chi connectivity index (χ2v) is 6.40. The topological polar surface area (TPSA) is 84.7 Å². The van der Waals surface area contributed by atoms with Crippen LogP contribution in [0.5, 0.6) is 5.75 Å². The van der Waals surface area contributed by atoms with E-state index in [-0.39, 0.29) is 30.5 Å². The van der Waals surface area contributed by atoms with Gasteiger partial charge in [0.25, 0.3) is 11.8 Å². The van der Waals surface area contributed by atoms with Gasteiger partial charge in [-0.1, -0.05) is 29.4 Å². The van der Waals surface area contributed by atoms with Gasteiger partial charge in [-0.15, -0.1) is 0 Å². The Morgan fingerprint density at radius 3 is 2.62 bits per heavy atom. The Hall–Kier alpha value is -3.68. The monoisotopic (exact) mass is 397 g/mol. The van der Waals surface area contributed by atoms with Gasteiger partial charge in [-0.3, -0.25) is 9.59 Å². The van der Waals surface area contributed by atoms with Crippen molar-refractivity contribution in [3.05, 3.63) is 77.4 Å². The second kappa shape index (κ2) is 9.01. The number of amides is 2. The lowest BCUT2D eigenvalue weighted by Gasteiger charge is -2.18. The minimum atomic E-state index is -0.541. The van der Waals surface area contributed by atoms with Gasteiger partial charge in [-0.05, 0) is 31.2 Å². The molecule has 2 amide bonds. The zero-order valence-corrected chi connectivity index (χ0v) is 16.0. The number of anilines is 1. The summed E-state index contributed by atoms with van der Waals surface area (Å²) in [6, 6.07) is 14.2. The van der Waals surface area contributed by atoms with Crippen LogP contribution in [-0.4, -0.2) is 35.5 Å². The number of carbonyl (C=O) groups excluding carboxylic acids is 2. The standard InChI is InChI=1S/C21H20FN3O4/c1-14-11-15(24-29-14)12-25(2)21(27)16-7-3-6-10-19(16)28-13-20(26)23-18-9-5-4-8-17(18)22/h3-11H,12-13H2,1-2H3,(H,23,26). The number of para-hydroxylation sites is 2. The van der Waals surface area contributed by atoms with Crippen molar-refractivity contribution in [1.82, 2.24) is 10.1 Å². The Morgan fingerprint density at radius 2 is 1.90 bits per heavy atom. The van der Waals surface area contributed by atoms with Crippen molar-refractivity contribution in [2.24, 2.45) is 0 Å². The van der Waals surface area contributed by atoms with Crippen molar-refractivity contribution < 1.29 is 23.2 Å². The number of benzene rings is 2. The predicted molar refractivity (Wildman–Crippen MR) is 104 cm³/mol. The van der Waals surface area contributed by atoms with Crippen molar-refractivity contribution in [3.63, 3.8) is 0 Å². The number of aryl methyl sites for hydroxylation is 1. The van der Waals surface area contributed by atoms with Crippen molar-refractivity contribution in [3.8, 4) is 5.75 Å². The maximum Gasteiger partial charge on any atom is 0.262 e. The van der Waals surface area contributed by atoms with Gasteiger partial charge >= 0.3 is 0 Å². The Morgan fingerprint density at radius 1 is 1.17 bits per heavy atom. The third-order valence-corrected chi connectivity index (χ3v) is 4.05.